The Hall–Kier alpha value is -1.40. The Balaban J connectivity index is 2.75. The van der Waals surface area contributed by atoms with Gasteiger partial charge in [0.1, 0.15) is 0 Å². The monoisotopic (exact) mass is 246 g/mol. The van der Waals surface area contributed by atoms with E-state index in [4.69, 9.17) is 21.3 Å². The molecule has 0 aliphatic heterocycles. The summed E-state index contributed by atoms with van der Waals surface area (Å²) in [4.78, 5) is 19.7. The minimum Gasteiger partial charge on any atom is -0.303 e. The molecule has 0 spiro atoms. The van der Waals surface area contributed by atoms with Gasteiger partial charge in [-0.05, 0) is 17.7 Å². The van der Waals surface area contributed by atoms with Gasteiger partial charge in [-0.25, -0.2) is 9.56 Å². The van der Waals surface area contributed by atoms with Crippen molar-refractivity contribution < 1.29 is 23.9 Å². The molecule has 88 valence electrons. The third-order valence-corrected chi connectivity index (χ3v) is 2.08. The molecule has 0 saturated heterocycles. The first kappa shape index (κ1) is 12.7. The van der Waals surface area contributed by atoms with Crippen LogP contribution in [0.4, 0.5) is 5.69 Å². The third kappa shape index (κ3) is 4.90. The minimum absolute atomic E-state index is 0.0352. The lowest BCUT2D eigenvalue weighted by Gasteiger charge is -2.05. The van der Waals surface area contributed by atoms with Gasteiger partial charge in [-0.15, -0.1) is 0 Å². The molecule has 1 rings (SSSR count). The second kappa shape index (κ2) is 5.09. The van der Waals surface area contributed by atoms with E-state index >= 15 is 0 Å². The van der Waals surface area contributed by atoms with Crippen LogP contribution in [0.3, 0.4) is 0 Å². The SMILES string of the molecule is NC(N)=[NH+]c1cccc(COP(=O)(O)O)c1. The summed E-state index contributed by atoms with van der Waals surface area (Å²) in [5, 5.41) is 0. The van der Waals surface area contributed by atoms with Gasteiger partial charge < -0.3 is 9.79 Å². The zero-order valence-electron chi connectivity index (χ0n) is 8.33. The fraction of sp³-hybridized carbons (Fsp3) is 0.125. The largest absolute Gasteiger partial charge is 0.469 e. The molecule has 1 aromatic rings. The highest BCUT2D eigenvalue weighted by atomic mass is 31.2. The molecule has 0 saturated carbocycles. The minimum atomic E-state index is -4.45. The number of rotatable bonds is 4. The van der Waals surface area contributed by atoms with Crippen LogP contribution in [0.15, 0.2) is 24.3 Å². The van der Waals surface area contributed by atoms with E-state index in [0.717, 1.165) is 0 Å². The lowest BCUT2D eigenvalue weighted by atomic mass is 10.2. The highest BCUT2D eigenvalue weighted by molar-refractivity contribution is 7.46. The van der Waals surface area contributed by atoms with Crippen LogP contribution in [0.25, 0.3) is 0 Å². The summed E-state index contributed by atoms with van der Waals surface area (Å²) in [6.45, 7) is -0.190. The number of phosphoric ester groups is 1. The van der Waals surface area contributed by atoms with Crippen molar-refractivity contribution in [1.82, 2.24) is 0 Å². The van der Waals surface area contributed by atoms with Gasteiger partial charge in [0.15, 0.2) is 0 Å². The number of hydrogen-bond donors (Lipinski definition) is 5. The van der Waals surface area contributed by atoms with Gasteiger partial charge in [0, 0.05) is 0 Å². The van der Waals surface area contributed by atoms with Gasteiger partial charge in [-0.3, -0.25) is 16.0 Å². The summed E-state index contributed by atoms with van der Waals surface area (Å²) >= 11 is 0. The maximum Gasteiger partial charge on any atom is 0.469 e. The van der Waals surface area contributed by atoms with Crippen molar-refractivity contribution in [2.24, 2.45) is 11.5 Å². The van der Waals surface area contributed by atoms with E-state index in [-0.39, 0.29) is 12.6 Å². The number of hydrogen-bond acceptors (Lipinski definition) is 2. The highest BCUT2D eigenvalue weighted by Crippen LogP contribution is 2.36. The van der Waals surface area contributed by atoms with E-state index in [1.54, 1.807) is 24.3 Å². The quantitative estimate of drug-likeness (QED) is 0.244. The Morgan fingerprint density at radius 3 is 2.69 bits per heavy atom. The van der Waals surface area contributed by atoms with Crippen LogP contribution in [-0.4, -0.2) is 15.7 Å². The molecule has 0 heterocycles. The molecule has 1 aromatic carbocycles. The first-order valence-corrected chi connectivity index (χ1v) is 5.84. The van der Waals surface area contributed by atoms with Gasteiger partial charge >= 0.3 is 13.8 Å². The molecule has 7 nitrogen and oxygen atoms in total. The normalized spacial score (nSPS) is 11.1. The van der Waals surface area contributed by atoms with Crippen molar-refractivity contribution in [2.45, 2.75) is 6.61 Å². The molecule has 0 aliphatic carbocycles. The maximum absolute atomic E-state index is 10.5. The van der Waals surface area contributed by atoms with Crippen LogP contribution in [0.5, 0.6) is 0 Å². The third-order valence-electron chi connectivity index (χ3n) is 1.62. The van der Waals surface area contributed by atoms with E-state index in [9.17, 15) is 4.57 Å². The molecular formula is C8H13N3O4P+. The second-order valence-corrected chi connectivity index (χ2v) is 4.28. The zero-order valence-corrected chi connectivity index (χ0v) is 9.22. The number of guanidine groups is 1. The number of nitrogens with two attached hydrogens (primary N) is 2. The zero-order chi connectivity index (χ0) is 12.2. The number of benzene rings is 1. The predicted molar refractivity (Wildman–Crippen MR) is 57.3 cm³/mol. The van der Waals surface area contributed by atoms with E-state index in [1.165, 1.54) is 0 Å². The van der Waals surface area contributed by atoms with Gasteiger partial charge in [-0.1, -0.05) is 12.1 Å². The van der Waals surface area contributed by atoms with Crippen molar-refractivity contribution in [2.75, 3.05) is 0 Å². The summed E-state index contributed by atoms with van der Waals surface area (Å²) in [5.41, 5.74) is 11.7. The maximum atomic E-state index is 10.5. The topological polar surface area (TPSA) is 133 Å². The lowest BCUT2D eigenvalue weighted by molar-refractivity contribution is -0.356. The van der Waals surface area contributed by atoms with Crippen molar-refractivity contribution in [3.05, 3.63) is 29.8 Å². The second-order valence-electron chi connectivity index (χ2n) is 3.04. The van der Waals surface area contributed by atoms with E-state index < -0.39 is 7.82 Å². The standard InChI is InChI=1S/C8H12N3O4P/c9-8(10)11-7-3-1-2-6(4-7)5-15-16(12,13)14/h1-4H,5H2,(H4,9,10,11)(H2,12,13,14)/p+1. The molecule has 0 aromatic heterocycles. The average molecular weight is 246 g/mol. The molecular weight excluding hydrogens is 233 g/mol. The molecule has 8 heteroatoms. The summed E-state index contributed by atoms with van der Waals surface area (Å²) in [5.74, 6) is 0.0352. The summed E-state index contributed by atoms with van der Waals surface area (Å²) < 4.78 is 14.8. The molecule has 0 atom stereocenters. The van der Waals surface area contributed by atoms with Crippen molar-refractivity contribution in [3.63, 3.8) is 0 Å². The summed E-state index contributed by atoms with van der Waals surface area (Å²) in [7, 11) is -4.45. The van der Waals surface area contributed by atoms with Crippen molar-refractivity contribution in [1.29, 1.82) is 0 Å². The Bertz CT molecular complexity index is 439. The fourth-order valence-corrected chi connectivity index (χ4v) is 1.38. The van der Waals surface area contributed by atoms with Crippen LogP contribution in [0.1, 0.15) is 5.56 Å². The fourth-order valence-electron chi connectivity index (χ4n) is 1.06. The van der Waals surface area contributed by atoms with Gasteiger partial charge in [-0.2, -0.15) is 0 Å². The van der Waals surface area contributed by atoms with E-state index in [2.05, 4.69) is 9.52 Å². The Labute approximate surface area is 92.0 Å². The van der Waals surface area contributed by atoms with E-state index in [0.29, 0.717) is 11.3 Å². The Kier molecular flexibility index (Phi) is 4.03. The first-order valence-electron chi connectivity index (χ1n) is 4.31. The van der Waals surface area contributed by atoms with Crippen molar-refractivity contribution >= 4 is 19.5 Å². The van der Waals surface area contributed by atoms with Crippen LogP contribution >= 0.6 is 7.82 Å². The molecule has 0 radical (unpaired) electrons. The molecule has 16 heavy (non-hydrogen) atoms. The first-order chi connectivity index (χ1) is 7.37. The Morgan fingerprint density at radius 2 is 2.12 bits per heavy atom. The van der Waals surface area contributed by atoms with E-state index in [1.807, 2.05) is 0 Å². The van der Waals surface area contributed by atoms with Crippen LogP contribution in [-0.2, 0) is 15.7 Å². The highest BCUT2D eigenvalue weighted by Gasteiger charge is 2.13. The molecule has 0 unspecified atom stereocenters. The van der Waals surface area contributed by atoms with Crippen LogP contribution in [0.2, 0.25) is 0 Å². The summed E-state index contributed by atoms with van der Waals surface area (Å²) in [6.07, 6.45) is 0. The lowest BCUT2D eigenvalue weighted by Crippen LogP contribution is -2.72. The van der Waals surface area contributed by atoms with Crippen LogP contribution in [0, 0.1) is 0 Å². The summed E-state index contributed by atoms with van der Waals surface area (Å²) in [6, 6.07) is 6.67. The smallest absolute Gasteiger partial charge is 0.303 e. The molecule has 7 N–H and O–H groups in total. The number of nitrogens with one attached hydrogen (secondary N) is 1. The van der Waals surface area contributed by atoms with Gasteiger partial charge in [0.25, 0.3) is 0 Å². The predicted octanol–water partition coefficient (Wildman–Crippen LogP) is -1.72. The number of phosphoric acid groups is 1. The molecule has 0 fully saturated rings. The average Bonchev–Trinajstić information content (AvgIpc) is 2.13. The van der Waals surface area contributed by atoms with Gasteiger partial charge in [0.05, 0.1) is 12.3 Å². The van der Waals surface area contributed by atoms with Crippen molar-refractivity contribution in [3.8, 4) is 0 Å². The molecule has 0 amide bonds. The Morgan fingerprint density at radius 1 is 1.44 bits per heavy atom. The van der Waals surface area contributed by atoms with Gasteiger partial charge in [0.2, 0.25) is 0 Å². The van der Waals surface area contributed by atoms with Crippen LogP contribution < -0.4 is 16.5 Å². The molecule has 0 bridgehead atoms. The molecule has 0 aliphatic rings.